The number of nitro groups is 3. The lowest BCUT2D eigenvalue weighted by Crippen LogP contribution is -2.26. The van der Waals surface area contributed by atoms with Gasteiger partial charge in [-0.05, 0) is 13.8 Å². The Bertz CT molecular complexity index is 638. The Morgan fingerprint density at radius 3 is 1.91 bits per heavy atom. The first-order valence-electron chi connectivity index (χ1n) is 6.13. The second kappa shape index (κ2) is 7.11. The van der Waals surface area contributed by atoms with E-state index < -0.39 is 49.7 Å². The molecule has 0 saturated heterocycles. The Morgan fingerprint density at radius 1 is 1.09 bits per heavy atom. The Morgan fingerprint density at radius 2 is 1.57 bits per heavy atom. The van der Waals surface area contributed by atoms with Crippen molar-refractivity contribution >= 4 is 23.0 Å². The van der Waals surface area contributed by atoms with Gasteiger partial charge in [0.1, 0.15) is 0 Å². The number of rotatable bonds is 7. The summed E-state index contributed by atoms with van der Waals surface area (Å²) in [5.74, 6) is -1.75. The number of benzene rings is 1. The van der Waals surface area contributed by atoms with Gasteiger partial charge in [0.25, 0.3) is 11.4 Å². The van der Waals surface area contributed by atoms with Gasteiger partial charge in [-0.2, -0.15) is 0 Å². The van der Waals surface area contributed by atoms with Gasteiger partial charge in [-0.15, -0.1) is 0 Å². The number of ether oxygens (including phenoxy) is 2. The number of carbonyl (C=O) groups is 1. The lowest BCUT2D eigenvalue weighted by atomic mass is 10.2. The van der Waals surface area contributed by atoms with E-state index in [4.69, 9.17) is 4.74 Å². The van der Waals surface area contributed by atoms with Crippen LogP contribution in [0, 0.1) is 30.3 Å². The van der Waals surface area contributed by atoms with Gasteiger partial charge in [0.2, 0.25) is 0 Å². The minimum atomic E-state index is -1.38. The molecule has 1 atom stereocenters. The van der Waals surface area contributed by atoms with Gasteiger partial charge in [0.05, 0.1) is 33.5 Å². The second-order valence-electron chi connectivity index (χ2n) is 4.10. The third-order valence-electron chi connectivity index (χ3n) is 2.55. The number of esters is 1. The molecule has 0 N–H and O–H groups in total. The molecule has 0 unspecified atom stereocenters. The van der Waals surface area contributed by atoms with Crippen molar-refractivity contribution in [2.45, 2.75) is 20.0 Å². The molecule has 0 saturated carbocycles. The Labute approximate surface area is 128 Å². The van der Waals surface area contributed by atoms with E-state index in [0.29, 0.717) is 12.1 Å². The third kappa shape index (κ3) is 4.09. The highest BCUT2D eigenvalue weighted by Gasteiger charge is 2.34. The molecule has 0 aliphatic rings. The lowest BCUT2D eigenvalue weighted by Gasteiger charge is -2.13. The molecular weight excluding hydrogens is 318 g/mol. The summed E-state index contributed by atoms with van der Waals surface area (Å²) in [7, 11) is 0. The van der Waals surface area contributed by atoms with Crippen molar-refractivity contribution < 1.29 is 29.0 Å². The van der Waals surface area contributed by atoms with Crippen LogP contribution in [0.5, 0.6) is 5.75 Å². The Hall–Kier alpha value is -3.31. The molecule has 1 rings (SSSR count). The fraction of sp³-hybridized carbons (Fsp3) is 0.364. The van der Waals surface area contributed by atoms with Gasteiger partial charge in [-0.1, -0.05) is 0 Å². The van der Waals surface area contributed by atoms with E-state index in [1.807, 2.05) is 0 Å². The fourth-order valence-electron chi connectivity index (χ4n) is 1.57. The molecule has 0 aromatic heterocycles. The zero-order valence-corrected chi connectivity index (χ0v) is 12.0. The summed E-state index contributed by atoms with van der Waals surface area (Å²) in [6, 6.07) is 1.03. The van der Waals surface area contributed by atoms with Crippen LogP contribution in [-0.4, -0.2) is 33.5 Å². The number of nitro benzene ring substituents is 3. The van der Waals surface area contributed by atoms with Crippen LogP contribution in [-0.2, 0) is 9.53 Å². The quantitative estimate of drug-likeness (QED) is 0.411. The summed E-state index contributed by atoms with van der Waals surface area (Å²) < 4.78 is 9.59. The van der Waals surface area contributed by atoms with Crippen LogP contribution in [0.1, 0.15) is 13.8 Å². The topological polar surface area (TPSA) is 165 Å². The van der Waals surface area contributed by atoms with Crippen molar-refractivity contribution in [2.75, 3.05) is 6.61 Å². The standard InChI is InChI=1S/C11H11N3O9/c1-3-22-11(15)6(2)23-10-8(13(18)19)4-7(12(16)17)5-9(10)14(20)21/h4-6H,3H2,1-2H3/t6-/m0/s1. The van der Waals surface area contributed by atoms with Crippen LogP contribution in [0.4, 0.5) is 17.1 Å². The summed E-state index contributed by atoms with van der Waals surface area (Å²) in [4.78, 5) is 41.1. The molecule has 1 aromatic rings. The van der Waals surface area contributed by atoms with Gasteiger partial charge in [0, 0.05) is 0 Å². The van der Waals surface area contributed by atoms with Crippen LogP contribution in [0.15, 0.2) is 12.1 Å². The largest absolute Gasteiger partial charge is 0.467 e. The first-order valence-corrected chi connectivity index (χ1v) is 6.13. The van der Waals surface area contributed by atoms with Gasteiger partial charge in [-0.25, -0.2) is 4.79 Å². The van der Waals surface area contributed by atoms with Gasteiger partial charge in [0.15, 0.2) is 6.10 Å². The zero-order valence-electron chi connectivity index (χ0n) is 12.0. The van der Waals surface area contributed by atoms with E-state index in [9.17, 15) is 35.1 Å². The normalized spacial score (nSPS) is 11.4. The maximum absolute atomic E-state index is 11.5. The molecule has 0 amide bonds. The Kier molecular flexibility index (Phi) is 5.48. The SMILES string of the molecule is CCOC(=O)[C@H](C)Oc1c([N+](=O)[O-])cc([N+](=O)[O-])cc1[N+](=O)[O-]. The number of nitrogens with zero attached hydrogens (tertiary/aromatic N) is 3. The number of hydrogen-bond acceptors (Lipinski definition) is 9. The van der Waals surface area contributed by atoms with Crippen LogP contribution in [0.2, 0.25) is 0 Å². The predicted molar refractivity (Wildman–Crippen MR) is 73.1 cm³/mol. The van der Waals surface area contributed by atoms with E-state index in [0.717, 1.165) is 0 Å². The number of non-ortho nitro benzene ring substituents is 1. The van der Waals surface area contributed by atoms with E-state index in [-0.39, 0.29) is 6.61 Å². The molecule has 0 fully saturated rings. The fourth-order valence-corrected chi connectivity index (χ4v) is 1.57. The van der Waals surface area contributed by atoms with E-state index in [2.05, 4.69) is 4.74 Å². The molecule has 23 heavy (non-hydrogen) atoms. The molecule has 1 aromatic carbocycles. The van der Waals surface area contributed by atoms with Crippen molar-refractivity contribution in [1.82, 2.24) is 0 Å². The average Bonchev–Trinajstić information content (AvgIpc) is 2.46. The highest BCUT2D eigenvalue weighted by Crippen LogP contribution is 2.41. The third-order valence-corrected chi connectivity index (χ3v) is 2.55. The minimum absolute atomic E-state index is 0.0109. The van der Waals surface area contributed by atoms with Gasteiger partial charge >= 0.3 is 17.3 Å². The maximum atomic E-state index is 11.5. The second-order valence-corrected chi connectivity index (χ2v) is 4.10. The highest BCUT2D eigenvalue weighted by atomic mass is 16.6. The first kappa shape index (κ1) is 17.7. The molecule has 0 radical (unpaired) electrons. The Balaban J connectivity index is 3.43. The van der Waals surface area contributed by atoms with E-state index in [1.165, 1.54) is 13.8 Å². The lowest BCUT2D eigenvalue weighted by molar-refractivity contribution is -0.404. The smallest absolute Gasteiger partial charge is 0.347 e. The molecule has 0 heterocycles. The number of hydrogen-bond donors (Lipinski definition) is 0. The van der Waals surface area contributed by atoms with Crippen molar-refractivity contribution in [1.29, 1.82) is 0 Å². The summed E-state index contributed by atoms with van der Waals surface area (Å²) >= 11 is 0. The van der Waals surface area contributed by atoms with Crippen molar-refractivity contribution in [3.05, 3.63) is 42.5 Å². The molecule has 0 aliphatic carbocycles. The van der Waals surface area contributed by atoms with E-state index in [1.54, 1.807) is 0 Å². The summed E-state index contributed by atoms with van der Waals surface area (Å²) in [6.07, 6.45) is -1.38. The first-order chi connectivity index (χ1) is 10.7. The molecule has 0 spiro atoms. The summed E-state index contributed by atoms with van der Waals surface area (Å²) in [6.45, 7) is 2.70. The van der Waals surface area contributed by atoms with E-state index >= 15 is 0 Å². The van der Waals surface area contributed by atoms with Gasteiger partial charge in [-0.3, -0.25) is 30.3 Å². The molecule has 12 heteroatoms. The highest BCUT2D eigenvalue weighted by molar-refractivity contribution is 5.75. The van der Waals surface area contributed by atoms with Crippen LogP contribution in [0.3, 0.4) is 0 Å². The molecule has 0 aliphatic heterocycles. The minimum Gasteiger partial charge on any atom is -0.467 e. The summed E-state index contributed by atoms with van der Waals surface area (Å²) in [5, 5.41) is 32.7. The molecular formula is C11H11N3O9. The molecule has 0 bridgehead atoms. The van der Waals surface area contributed by atoms with Gasteiger partial charge < -0.3 is 9.47 Å². The molecule has 124 valence electrons. The van der Waals surface area contributed by atoms with Crippen molar-refractivity contribution in [3.63, 3.8) is 0 Å². The monoisotopic (exact) mass is 329 g/mol. The van der Waals surface area contributed by atoms with Crippen molar-refractivity contribution in [3.8, 4) is 5.75 Å². The average molecular weight is 329 g/mol. The van der Waals surface area contributed by atoms with Crippen molar-refractivity contribution in [2.24, 2.45) is 0 Å². The number of carbonyl (C=O) groups excluding carboxylic acids is 1. The summed E-state index contributed by atoms with van der Waals surface area (Å²) in [5.41, 5.74) is -2.84. The van der Waals surface area contributed by atoms with Crippen LogP contribution >= 0.6 is 0 Å². The zero-order chi connectivity index (χ0) is 17.7. The van der Waals surface area contributed by atoms with Crippen LogP contribution < -0.4 is 4.74 Å². The maximum Gasteiger partial charge on any atom is 0.347 e. The predicted octanol–water partition coefficient (Wildman–Crippen LogP) is 1.74. The van der Waals surface area contributed by atoms with Crippen LogP contribution in [0.25, 0.3) is 0 Å². The molecule has 12 nitrogen and oxygen atoms in total.